The highest BCUT2D eigenvalue weighted by atomic mass is 35.5. The third-order valence-electron chi connectivity index (χ3n) is 3.73. The van der Waals surface area contributed by atoms with Gasteiger partial charge in [-0.1, -0.05) is 23.7 Å². The summed E-state index contributed by atoms with van der Waals surface area (Å²) in [6.07, 6.45) is 3.87. The molecule has 1 aliphatic rings. The molecule has 1 nitrogen and oxygen atoms in total. The predicted octanol–water partition coefficient (Wildman–Crippen LogP) is 3.44. The van der Waals surface area contributed by atoms with Crippen LogP contribution in [0.2, 0.25) is 5.02 Å². The molecule has 2 unspecified atom stereocenters. The Labute approximate surface area is 103 Å². The molecule has 88 valence electrons. The summed E-state index contributed by atoms with van der Waals surface area (Å²) in [5.41, 5.74) is 2.56. The first-order valence-electron chi connectivity index (χ1n) is 6.10. The molecule has 2 heteroatoms. The molecule has 2 atom stereocenters. The summed E-state index contributed by atoms with van der Waals surface area (Å²) in [4.78, 5) is 0. The maximum atomic E-state index is 6.26. The van der Waals surface area contributed by atoms with E-state index in [1.807, 2.05) is 7.05 Å². The van der Waals surface area contributed by atoms with Crippen molar-refractivity contribution >= 4 is 11.6 Å². The lowest BCUT2D eigenvalue weighted by Gasteiger charge is -2.37. The summed E-state index contributed by atoms with van der Waals surface area (Å²) in [7, 11) is 2.04. The molecule has 0 heterocycles. The van der Waals surface area contributed by atoms with Gasteiger partial charge in [0, 0.05) is 5.02 Å². The molecule has 0 spiro atoms. The molecule has 2 rings (SSSR count). The topological polar surface area (TPSA) is 12.0 Å². The normalized spacial score (nSPS) is 24.2. The van der Waals surface area contributed by atoms with Crippen molar-refractivity contribution in [3.05, 3.63) is 34.3 Å². The Morgan fingerprint density at radius 1 is 1.31 bits per heavy atom. The Morgan fingerprint density at radius 2 is 2.06 bits per heavy atom. The van der Waals surface area contributed by atoms with Gasteiger partial charge in [-0.05, 0) is 68.8 Å². The van der Waals surface area contributed by atoms with Crippen LogP contribution in [0.1, 0.15) is 24.0 Å². The van der Waals surface area contributed by atoms with Crippen LogP contribution in [0.5, 0.6) is 0 Å². The molecule has 0 amide bonds. The van der Waals surface area contributed by atoms with E-state index in [-0.39, 0.29) is 0 Å². The van der Waals surface area contributed by atoms with Crippen molar-refractivity contribution < 1.29 is 0 Å². The van der Waals surface area contributed by atoms with E-state index in [1.165, 1.54) is 24.0 Å². The van der Waals surface area contributed by atoms with E-state index in [2.05, 4.69) is 30.4 Å². The van der Waals surface area contributed by atoms with Crippen LogP contribution < -0.4 is 5.32 Å². The summed E-state index contributed by atoms with van der Waals surface area (Å²) >= 11 is 6.26. The molecule has 0 saturated heterocycles. The third kappa shape index (κ3) is 2.58. The second kappa shape index (κ2) is 5.20. The Kier molecular flexibility index (Phi) is 3.88. The van der Waals surface area contributed by atoms with Crippen LogP contribution in [0, 0.1) is 18.8 Å². The van der Waals surface area contributed by atoms with E-state index < -0.39 is 0 Å². The van der Waals surface area contributed by atoms with Gasteiger partial charge in [0.25, 0.3) is 0 Å². The maximum Gasteiger partial charge on any atom is 0.0440 e. The molecule has 0 radical (unpaired) electrons. The lowest BCUT2D eigenvalue weighted by Crippen LogP contribution is -2.35. The van der Waals surface area contributed by atoms with Gasteiger partial charge in [-0.15, -0.1) is 0 Å². The summed E-state index contributed by atoms with van der Waals surface area (Å²) in [6.45, 7) is 3.23. The molecule has 1 saturated carbocycles. The Bertz CT molecular complexity index is 362. The Balaban J connectivity index is 1.98. The molecule has 0 aromatic heterocycles. The first kappa shape index (κ1) is 11.9. The highest BCUT2D eigenvalue weighted by molar-refractivity contribution is 6.31. The minimum atomic E-state index is 0.827. The van der Waals surface area contributed by atoms with Crippen molar-refractivity contribution in [1.82, 2.24) is 5.32 Å². The summed E-state index contributed by atoms with van der Waals surface area (Å²) in [6, 6.07) is 6.42. The van der Waals surface area contributed by atoms with E-state index in [9.17, 15) is 0 Å². The van der Waals surface area contributed by atoms with Gasteiger partial charge in [-0.2, -0.15) is 0 Å². The number of halogens is 1. The van der Waals surface area contributed by atoms with Crippen molar-refractivity contribution in [3.8, 4) is 0 Å². The summed E-state index contributed by atoms with van der Waals surface area (Å²) in [5, 5.41) is 4.22. The van der Waals surface area contributed by atoms with Gasteiger partial charge in [-0.25, -0.2) is 0 Å². The van der Waals surface area contributed by atoms with Crippen LogP contribution in [0.4, 0.5) is 0 Å². The van der Waals surface area contributed by atoms with Gasteiger partial charge in [0.15, 0.2) is 0 Å². The first-order valence-corrected chi connectivity index (χ1v) is 6.48. The van der Waals surface area contributed by atoms with E-state index in [0.717, 1.165) is 29.8 Å². The van der Waals surface area contributed by atoms with Gasteiger partial charge < -0.3 is 5.32 Å². The molecule has 1 aromatic carbocycles. The maximum absolute atomic E-state index is 6.26. The highest BCUT2D eigenvalue weighted by Crippen LogP contribution is 2.37. The Morgan fingerprint density at radius 3 is 2.62 bits per heavy atom. The van der Waals surface area contributed by atoms with Crippen LogP contribution in [0.25, 0.3) is 0 Å². The smallest absolute Gasteiger partial charge is 0.0440 e. The SMILES string of the molecule is CNCC1CCC1Cc1ccc(C)cc1Cl. The third-order valence-corrected chi connectivity index (χ3v) is 4.08. The van der Waals surface area contributed by atoms with Crippen molar-refractivity contribution in [2.24, 2.45) is 11.8 Å². The van der Waals surface area contributed by atoms with Crippen LogP contribution in [-0.4, -0.2) is 13.6 Å². The molecular weight excluding hydrogens is 218 g/mol. The molecule has 1 N–H and O–H groups in total. The fourth-order valence-electron chi connectivity index (χ4n) is 2.54. The zero-order valence-electron chi connectivity index (χ0n) is 10.1. The number of hydrogen-bond donors (Lipinski definition) is 1. The fourth-order valence-corrected chi connectivity index (χ4v) is 2.85. The van der Waals surface area contributed by atoms with Crippen LogP contribution in [0.15, 0.2) is 18.2 Å². The molecule has 0 aliphatic heterocycles. The second-order valence-corrected chi connectivity index (χ2v) is 5.36. The van der Waals surface area contributed by atoms with Gasteiger partial charge in [0.1, 0.15) is 0 Å². The van der Waals surface area contributed by atoms with Crippen molar-refractivity contribution in [2.75, 3.05) is 13.6 Å². The molecular formula is C14H20ClN. The lowest BCUT2D eigenvalue weighted by atomic mass is 9.70. The van der Waals surface area contributed by atoms with Crippen LogP contribution in [0.3, 0.4) is 0 Å². The average molecular weight is 238 g/mol. The fraction of sp³-hybridized carbons (Fsp3) is 0.571. The number of rotatable bonds is 4. The predicted molar refractivity (Wildman–Crippen MR) is 70.0 cm³/mol. The van der Waals surface area contributed by atoms with Crippen molar-refractivity contribution in [3.63, 3.8) is 0 Å². The number of nitrogens with one attached hydrogen (secondary N) is 1. The van der Waals surface area contributed by atoms with Crippen molar-refractivity contribution in [2.45, 2.75) is 26.2 Å². The summed E-state index contributed by atoms with van der Waals surface area (Å²) in [5.74, 6) is 1.68. The van der Waals surface area contributed by atoms with E-state index in [0.29, 0.717) is 0 Å². The van der Waals surface area contributed by atoms with E-state index in [4.69, 9.17) is 11.6 Å². The minimum absolute atomic E-state index is 0.827. The largest absolute Gasteiger partial charge is 0.319 e. The molecule has 1 fully saturated rings. The van der Waals surface area contributed by atoms with E-state index >= 15 is 0 Å². The zero-order valence-corrected chi connectivity index (χ0v) is 10.8. The van der Waals surface area contributed by atoms with Crippen LogP contribution >= 0.6 is 11.6 Å². The zero-order chi connectivity index (χ0) is 11.5. The van der Waals surface area contributed by atoms with Gasteiger partial charge in [0.05, 0.1) is 0 Å². The van der Waals surface area contributed by atoms with Crippen molar-refractivity contribution in [1.29, 1.82) is 0 Å². The molecule has 0 bridgehead atoms. The second-order valence-electron chi connectivity index (χ2n) is 4.95. The first-order chi connectivity index (χ1) is 7.70. The Hall–Kier alpha value is -0.530. The van der Waals surface area contributed by atoms with Gasteiger partial charge in [0.2, 0.25) is 0 Å². The lowest BCUT2D eigenvalue weighted by molar-refractivity contribution is 0.174. The highest BCUT2D eigenvalue weighted by Gasteiger charge is 2.30. The van der Waals surface area contributed by atoms with Crippen LogP contribution in [-0.2, 0) is 6.42 Å². The molecule has 16 heavy (non-hydrogen) atoms. The number of hydrogen-bond acceptors (Lipinski definition) is 1. The minimum Gasteiger partial charge on any atom is -0.319 e. The molecule has 1 aliphatic carbocycles. The average Bonchev–Trinajstić information content (AvgIpc) is 2.23. The number of benzene rings is 1. The van der Waals surface area contributed by atoms with E-state index in [1.54, 1.807) is 0 Å². The molecule has 1 aromatic rings. The quantitative estimate of drug-likeness (QED) is 0.846. The van der Waals surface area contributed by atoms with Gasteiger partial charge in [-0.3, -0.25) is 0 Å². The standard InChI is InChI=1S/C14H20ClN/c1-10-3-4-12(14(15)7-10)8-11-5-6-13(11)9-16-2/h3-4,7,11,13,16H,5-6,8-9H2,1-2H3. The number of aryl methyl sites for hydroxylation is 1. The summed E-state index contributed by atoms with van der Waals surface area (Å²) < 4.78 is 0. The monoisotopic (exact) mass is 237 g/mol. The van der Waals surface area contributed by atoms with Gasteiger partial charge >= 0.3 is 0 Å².